The van der Waals surface area contributed by atoms with E-state index in [-0.39, 0.29) is 0 Å². The highest BCUT2D eigenvalue weighted by Crippen LogP contribution is 2.41. The molecule has 1 aromatic heterocycles. The number of aromatic nitrogens is 1. The molecule has 1 atom stereocenters. The summed E-state index contributed by atoms with van der Waals surface area (Å²) < 4.78 is 43.0. The van der Waals surface area contributed by atoms with E-state index in [0.717, 1.165) is 24.1 Å². The number of fused-ring (bicyclic) bond motifs is 1. The van der Waals surface area contributed by atoms with Gasteiger partial charge in [-0.25, -0.2) is 0 Å². The van der Waals surface area contributed by atoms with Gasteiger partial charge in [0.15, 0.2) is 0 Å². The first-order valence-corrected chi connectivity index (χ1v) is 10.6. The molecule has 1 aromatic carbocycles. The third-order valence-electron chi connectivity index (χ3n) is 5.42. The van der Waals surface area contributed by atoms with Gasteiger partial charge in [-0.15, -0.1) is 0 Å². The SMILES string of the molecule is COc1ccc(C2c3cccn3CCN2S(=O)(=O)N2CCCC2)c(OC)c1. The summed E-state index contributed by atoms with van der Waals surface area (Å²) in [6.45, 7) is 2.25. The number of hydrogen-bond acceptors (Lipinski definition) is 4. The van der Waals surface area contributed by atoms with Crippen LogP contribution in [0.3, 0.4) is 0 Å². The second-order valence-electron chi connectivity index (χ2n) is 6.86. The summed E-state index contributed by atoms with van der Waals surface area (Å²) in [4.78, 5) is 0. The molecule has 146 valence electrons. The van der Waals surface area contributed by atoms with Crippen LogP contribution < -0.4 is 9.47 Å². The van der Waals surface area contributed by atoms with Crippen molar-refractivity contribution >= 4 is 10.2 Å². The van der Waals surface area contributed by atoms with E-state index in [9.17, 15) is 8.42 Å². The Morgan fingerprint density at radius 1 is 1.00 bits per heavy atom. The Balaban J connectivity index is 1.83. The number of benzene rings is 1. The van der Waals surface area contributed by atoms with Crippen molar-refractivity contribution in [3.05, 3.63) is 47.8 Å². The lowest BCUT2D eigenvalue weighted by Crippen LogP contribution is -2.48. The second kappa shape index (κ2) is 7.18. The fourth-order valence-electron chi connectivity index (χ4n) is 4.04. The lowest BCUT2D eigenvalue weighted by atomic mass is 10.0. The zero-order valence-electron chi connectivity index (χ0n) is 15.7. The average Bonchev–Trinajstić information content (AvgIpc) is 3.38. The third-order valence-corrected chi connectivity index (χ3v) is 7.42. The maximum Gasteiger partial charge on any atom is 0.282 e. The van der Waals surface area contributed by atoms with Crippen LogP contribution in [0.5, 0.6) is 11.5 Å². The van der Waals surface area contributed by atoms with Crippen molar-refractivity contribution in [3.8, 4) is 11.5 Å². The molecule has 0 bridgehead atoms. The predicted octanol–water partition coefficient (Wildman–Crippen LogP) is 2.25. The summed E-state index contributed by atoms with van der Waals surface area (Å²) in [7, 11) is -0.356. The fraction of sp³-hybridized carbons (Fsp3) is 0.474. The third kappa shape index (κ3) is 3.11. The summed E-state index contributed by atoms with van der Waals surface area (Å²) in [5.74, 6) is 1.30. The number of rotatable bonds is 5. The van der Waals surface area contributed by atoms with E-state index in [1.54, 1.807) is 28.9 Å². The molecule has 2 aromatic rings. The molecule has 7 nitrogen and oxygen atoms in total. The van der Waals surface area contributed by atoms with E-state index < -0.39 is 16.3 Å². The van der Waals surface area contributed by atoms with Crippen LogP contribution in [0.25, 0.3) is 0 Å². The monoisotopic (exact) mass is 391 g/mol. The highest BCUT2D eigenvalue weighted by Gasteiger charge is 2.41. The van der Waals surface area contributed by atoms with Gasteiger partial charge in [0.25, 0.3) is 10.2 Å². The van der Waals surface area contributed by atoms with Gasteiger partial charge < -0.3 is 14.0 Å². The summed E-state index contributed by atoms with van der Waals surface area (Å²) in [6, 6.07) is 9.07. The zero-order chi connectivity index (χ0) is 19.0. The van der Waals surface area contributed by atoms with Crippen LogP contribution in [0.2, 0.25) is 0 Å². The van der Waals surface area contributed by atoms with E-state index >= 15 is 0 Å². The van der Waals surface area contributed by atoms with Crippen LogP contribution in [0.1, 0.15) is 30.1 Å². The lowest BCUT2D eigenvalue weighted by molar-refractivity contribution is 0.269. The molecule has 0 saturated carbocycles. The molecule has 0 spiro atoms. The van der Waals surface area contributed by atoms with Gasteiger partial charge in [-0.3, -0.25) is 0 Å². The average molecular weight is 391 g/mol. The van der Waals surface area contributed by atoms with Gasteiger partial charge in [-0.2, -0.15) is 17.0 Å². The van der Waals surface area contributed by atoms with Gasteiger partial charge in [0, 0.05) is 49.7 Å². The Hall–Kier alpha value is -2.03. The van der Waals surface area contributed by atoms with Gasteiger partial charge in [-0.1, -0.05) is 0 Å². The molecule has 2 aliphatic heterocycles. The normalized spacial score (nSPS) is 21.2. The topological polar surface area (TPSA) is 64.0 Å². The first-order chi connectivity index (χ1) is 13.1. The van der Waals surface area contributed by atoms with Crippen molar-refractivity contribution in [2.24, 2.45) is 0 Å². The Labute approximate surface area is 160 Å². The van der Waals surface area contributed by atoms with Crippen molar-refractivity contribution in [1.82, 2.24) is 13.2 Å². The summed E-state index contributed by atoms with van der Waals surface area (Å²) in [6.07, 6.45) is 3.83. The molecule has 4 rings (SSSR count). The Kier molecular flexibility index (Phi) is 4.88. The molecule has 0 aliphatic carbocycles. The van der Waals surface area contributed by atoms with Crippen LogP contribution >= 0.6 is 0 Å². The molecule has 0 radical (unpaired) electrons. The minimum atomic E-state index is -3.55. The van der Waals surface area contributed by atoms with E-state index in [0.29, 0.717) is 37.7 Å². The van der Waals surface area contributed by atoms with Crippen LogP contribution in [0.4, 0.5) is 0 Å². The zero-order valence-corrected chi connectivity index (χ0v) is 16.5. The van der Waals surface area contributed by atoms with E-state index in [1.165, 1.54) is 0 Å². The number of methoxy groups -OCH3 is 2. The van der Waals surface area contributed by atoms with Gasteiger partial charge in [0.05, 0.1) is 20.3 Å². The predicted molar refractivity (Wildman–Crippen MR) is 102 cm³/mol. The fourth-order valence-corrected chi connectivity index (χ4v) is 5.85. The van der Waals surface area contributed by atoms with Crippen LogP contribution in [-0.4, -0.2) is 55.4 Å². The molecular formula is C19H25N3O4S. The lowest BCUT2D eigenvalue weighted by Gasteiger charge is -2.38. The van der Waals surface area contributed by atoms with Gasteiger partial charge in [0.2, 0.25) is 0 Å². The van der Waals surface area contributed by atoms with Gasteiger partial charge in [-0.05, 0) is 37.1 Å². The highest BCUT2D eigenvalue weighted by molar-refractivity contribution is 7.86. The quantitative estimate of drug-likeness (QED) is 0.784. The number of nitrogens with zero attached hydrogens (tertiary/aromatic N) is 3. The molecular weight excluding hydrogens is 366 g/mol. The number of ether oxygens (including phenoxy) is 2. The summed E-state index contributed by atoms with van der Waals surface area (Å²) in [5, 5.41) is 0. The second-order valence-corrected chi connectivity index (χ2v) is 8.74. The Bertz CT molecular complexity index is 919. The standard InChI is InChI=1S/C19H25N3O4S/c1-25-15-7-8-16(18(14-15)26-2)19-17-6-5-9-20(17)12-13-22(19)27(23,24)21-10-3-4-11-21/h5-9,14,19H,3-4,10-13H2,1-2H3. The molecule has 1 fully saturated rings. The first-order valence-electron chi connectivity index (χ1n) is 9.20. The highest BCUT2D eigenvalue weighted by atomic mass is 32.2. The Morgan fingerprint density at radius 3 is 2.48 bits per heavy atom. The van der Waals surface area contributed by atoms with Gasteiger partial charge in [0.1, 0.15) is 11.5 Å². The van der Waals surface area contributed by atoms with Crippen molar-refractivity contribution < 1.29 is 17.9 Å². The van der Waals surface area contributed by atoms with Gasteiger partial charge >= 0.3 is 0 Å². The van der Waals surface area contributed by atoms with Crippen LogP contribution in [0.15, 0.2) is 36.5 Å². The summed E-state index contributed by atoms with van der Waals surface area (Å²) in [5.41, 5.74) is 1.77. The maximum atomic E-state index is 13.4. The molecule has 0 amide bonds. The molecule has 1 saturated heterocycles. The molecule has 8 heteroatoms. The van der Waals surface area contributed by atoms with Crippen LogP contribution in [0, 0.1) is 0 Å². The molecule has 3 heterocycles. The van der Waals surface area contributed by atoms with Crippen molar-refractivity contribution in [1.29, 1.82) is 0 Å². The van der Waals surface area contributed by atoms with E-state index in [4.69, 9.17) is 9.47 Å². The maximum absolute atomic E-state index is 13.4. The minimum Gasteiger partial charge on any atom is -0.497 e. The molecule has 27 heavy (non-hydrogen) atoms. The smallest absolute Gasteiger partial charge is 0.282 e. The minimum absolute atomic E-state index is 0.430. The van der Waals surface area contributed by atoms with Crippen molar-refractivity contribution in [2.75, 3.05) is 33.9 Å². The van der Waals surface area contributed by atoms with Crippen molar-refractivity contribution in [3.63, 3.8) is 0 Å². The Morgan fingerprint density at radius 2 is 1.78 bits per heavy atom. The van der Waals surface area contributed by atoms with Crippen LogP contribution in [-0.2, 0) is 16.8 Å². The molecule has 1 unspecified atom stereocenters. The first kappa shape index (κ1) is 18.3. The molecule has 2 aliphatic rings. The number of hydrogen-bond donors (Lipinski definition) is 0. The largest absolute Gasteiger partial charge is 0.497 e. The summed E-state index contributed by atoms with van der Waals surface area (Å²) >= 11 is 0. The van der Waals surface area contributed by atoms with E-state index in [2.05, 4.69) is 4.57 Å². The molecule has 0 N–H and O–H groups in total. The van der Waals surface area contributed by atoms with Crippen molar-refractivity contribution in [2.45, 2.75) is 25.4 Å². The van der Waals surface area contributed by atoms with E-state index in [1.807, 2.05) is 30.5 Å².